The van der Waals surface area contributed by atoms with E-state index in [1.807, 2.05) is 0 Å². The number of carbonyl (C=O) groups is 2. The van der Waals surface area contributed by atoms with Gasteiger partial charge in [-0.1, -0.05) is 0 Å². The molecule has 2 N–H and O–H groups in total. The second-order valence-corrected chi connectivity index (χ2v) is 7.46. The molecule has 21 heavy (non-hydrogen) atoms. The first-order valence-electron chi connectivity index (χ1n) is 7.16. The van der Waals surface area contributed by atoms with Crippen LogP contribution in [0, 0.1) is 0 Å². The lowest BCUT2D eigenvalue weighted by molar-refractivity contribution is 0.0701. The number of rotatable bonds is 3. The standard InChI is InChI=1S/C15H22N2O3S/c1-15(2,3)17-8-6-10(7-9-17)16-13(18)11-4-5-12(21-11)14(19)20/h4-5,10H,6-9H2,1-3H3,(H,16,18)(H,19,20). The van der Waals surface area contributed by atoms with Gasteiger partial charge < -0.3 is 10.4 Å². The summed E-state index contributed by atoms with van der Waals surface area (Å²) in [6.45, 7) is 8.54. The van der Waals surface area contributed by atoms with Gasteiger partial charge in [0.2, 0.25) is 0 Å². The van der Waals surface area contributed by atoms with Gasteiger partial charge in [-0.05, 0) is 45.7 Å². The molecule has 1 amide bonds. The van der Waals surface area contributed by atoms with Crippen molar-refractivity contribution < 1.29 is 14.7 Å². The van der Waals surface area contributed by atoms with Crippen molar-refractivity contribution >= 4 is 23.2 Å². The van der Waals surface area contributed by atoms with Crippen molar-refractivity contribution in [3.8, 4) is 0 Å². The van der Waals surface area contributed by atoms with E-state index in [-0.39, 0.29) is 22.4 Å². The molecule has 0 atom stereocenters. The van der Waals surface area contributed by atoms with Crippen LogP contribution in [0.2, 0.25) is 0 Å². The maximum atomic E-state index is 12.1. The second kappa shape index (κ2) is 6.15. The molecule has 2 heterocycles. The number of carboxylic acid groups (broad SMARTS) is 1. The van der Waals surface area contributed by atoms with Crippen molar-refractivity contribution in [3.63, 3.8) is 0 Å². The van der Waals surface area contributed by atoms with E-state index in [1.165, 1.54) is 6.07 Å². The summed E-state index contributed by atoms with van der Waals surface area (Å²) < 4.78 is 0. The van der Waals surface area contributed by atoms with Crippen molar-refractivity contribution in [1.29, 1.82) is 0 Å². The Morgan fingerprint density at radius 3 is 2.29 bits per heavy atom. The Labute approximate surface area is 129 Å². The maximum absolute atomic E-state index is 12.1. The smallest absolute Gasteiger partial charge is 0.345 e. The zero-order valence-corrected chi connectivity index (χ0v) is 13.5. The molecule has 0 radical (unpaired) electrons. The molecule has 1 aliphatic rings. The lowest BCUT2D eigenvalue weighted by Crippen LogP contribution is -2.50. The van der Waals surface area contributed by atoms with E-state index in [4.69, 9.17) is 5.11 Å². The van der Waals surface area contributed by atoms with E-state index in [1.54, 1.807) is 6.07 Å². The summed E-state index contributed by atoms with van der Waals surface area (Å²) in [5.74, 6) is -1.15. The molecular formula is C15H22N2O3S. The van der Waals surface area contributed by atoms with Crippen LogP contribution in [0.4, 0.5) is 0 Å². The SMILES string of the molecule is CC(C)(C)N1CCC(NC(=O)c2ccc(C(=O)O)s2)CC1. The van der Waals surface area contributed by atoms with E-state index < -0.39 is 5.97 Å². The van der Waals surface area contributed by atoms with Gasteiger partial charge in [-0.3, -0.25) is 9.69 Å². The van der Waals surface area contributed by atoms with Crippen LogP contribution in [-0.2, 0) is 0 Å². The molecular weight excluding hydrogens is 288 g/mol. The molecule has 6 heteroatoms. The minimum atomic E-state index is -0.988. The van der Waals surface area contributed by atoms with Crippen LogP contribution in [0.5, 0.6) is 0 Å². The highest BCUT2D eigenvalue weighted by atomic mass is 32.1. The topological polar surface area (TPSA) is 69.6 Å². The first-order chi connectivity index (χ1) is 9.77. The Morgan fingerprint density at radius 1 is 1.24 bits per heavy atom. The Balaban J connectivity index is 1.88. The molecule has 0 bridgehead atoms. The van der Waals surface area contributed by atoms with E-state index >= 15 is 0 Å². The van der Waals surface area contributed by atoms with Gasteiger partial charge in [0.25, 0.3) is 5.91 Å². The maximum Gasteiger partial charge on any atom is 0.345 e. The average Bonchev–Trinajstić information content (AvgIpc) is 2.88. The van der Waals surface area contributed by atoms with E-state index in [0.717, 1.165) is 37.3 Å². The molecule has 1 saturated heterocycles. The molecule has 1 aliphatic heterocycles. The summed E-state index contributed by atoms with van der Waals surface area (Å²) >= 11 is 1.02. The molecule has 1 aromatic heterocycles. The normalized spacial score (nSPS) is 17.7. The zero-order valence-electron chi connectivity index (χ0n) is 12.7. The third kappa shape index (κ3) is 4.04. The van der Waals surface area contributed by atoms with Crippen LogP contribution < -0.4 is 5.32 Å². The highest BCUT2D eigenvalue weighted by Crippen LogP contribution is 2.21. The monoisotopic (exact) mass is 310 g/mol. The first-order valence-corrected chi connectivity index (χ1v) is 7.98. The summed E-state index contributed by atoms with van der Waals surface area (Å²) in [4.78, 5) is 26.0. The lowest BCUT2D eigenvalue weighted by Gasteiger charge is -2.41. The van der Waals surface area contributed by atoms with Crippen molar-refractivity contribution in [2.45, 2.75) is 45.2 Å². The van der Waals surface area contributed by atoms with Crippen LogP contribution >= 0.6 is 11.3 Å². The quantitative estimate of drug-likeness (QED) is 0.899. The Hall–Kier alpha value is -1.40. The van der Waals surface area contributed by atoms with Crippen LogP contribution in [0.25, 0.3) is 0 Å². The van der Waals surface area contributed by atoms with Crippen molar-refractivity contribution in [1.82, 2.24) is 10.2 Å². The van der Waals surface area contributed by atoms with Crippen molar-refractivity contribution in [2.75, 3.05) is 13.1 Å². The van der Waals surface area contributed by atoms with E-state index in [2.05, 4.69) is 31.0 Å². The number of hydrogen-bond donors (Lipinski definition) is 2. The average molecular weight is 310 g/mol. The molecule has 0 unspecified atom stereocenters. The highest BCUT2D eigenvalue weighted by molar-refractivity contribution is 7.15. The number of thiophene rings is 1. The van der Waals surface area contributed by atoms with E-state index in [9.17, 15) is 9.59 Å². The number of amides is 1. The number of hydrogen-bond acceptors (Lipinski definition) is 4. The van der Waals surface area contributed by atoms with Gasteiger partial charge in [0, 0.05) is 24.7 Å². The Bertz CT molecular complexity index is 525. The fourth-order valence-corrected chi connectivity index (χ4v) is 3.27. The summed E-state index contributed by atoms with van der Waals surface area (Å²) in [6.07, 6.45) is 1.86. The van der Waals surface area contributed by atoms with Gasteiger partial charge in [0.1, 0.15) is 4.88 Å². The van der Waals surface area contributed by atoms with Gasteiger partial charge in [0.15, 0.2) is 0 Å². The number of likely N-dealkylation sites (tertiary alicyclic amines) is 1. The summed E-state index contributed by atoms with van der Waals surface area (Å²) in [6, 6.07) is 3.23. The fourth-order valence-electron chi connectivity index (χ4n) is 2.53. The first kappa shape index (κ1) is 16.0. The third-order valence-electron chi connectivity index (χ3n) is 3.82. The Kier molecular flexibility index (Phi) is 4.68. The number of nitrogens with zero attached hydrogens (tertiary/aromatic N) is 1. The molecule has 0 aliphatic carbocycles. The van der Waals surface area contributed by atoms with E-state index in [0.29, 0.717) is 4.88 Å². The number of carboxylic acids is 1. The van der Waals surface area contributed by atoms with Gasteiger partial charge in [-0.2, -0.15) is 0 Å². The largest absolute Gasteiger partial charge is 0.477 e. The summed E-state index contributed by atoms with van der Waals surface area (Å²) in [5.41, 5.74) is 0.166. The predicted octanol–water partition coefficient (Wildman–Crippen LogP) is 2.44. The molecule has 0 spiro atoms. The lowest BCUT2D eigenvalue weighted by atomic mass is 9.98. The Morgan fingerprint density at radius 2 is 1.81 bits per heavy atom. The van der Waals surface area contributed by atoms with Crippen LogP contribution in [-0.4, -0.2) is 46.6 Å². The predicted molar refractivity (Wildman–Crippen MR) is 83.1 cm³/mol. The molecule has 0 aromatic carbocycles. The summed E-state index contributed by atoms with van der Waals surface area (Å²) in [7, 11) is 0. The zero-order chi connectivity index (χ0) is 15.6. The van der Waals surface area contributed by atoms with Crippen molar-refractivity contribution in [3.05, 3.63) is 21.9 Å². The second-order valence-electron chi connectivity index (χ2n) is 6.37. The van der Waals surface area contributed by atoms with Gasteiger partial charge in [0.05, 0.1) is 4.88 Å². The van der Waals surface area contributed by atoms with Crippen LogP contribution in [0.1, 0.15) is 53.0 Å². The fraction of sp³-hybridized carbons (Fsp3) is 0.600. The van der Waals surface area contributed by atoms with Crippen LogP contribution in [0.3, 0.4) is 0 Å². The molecule has 1 aromatic rings. The molecule has 2 rings (SSSR count). The van der Waals surface area contributed by atoms with Crippen LogP contribution in [0.15, 0.2) is 12.1 Å². The van der Waals surface area contributed by atoms with Gasteiger partial charge in [-0.15, -0.1) is 11.3 Å². The molecule has 1 fully saturated rings. The molecule has 116 valence electrons. The molecule has 0 saturated carbocycles. The van der Waals surface area contributed by atoms with Gasteiger partial charge >= 0.3 is 5.97 Å². The van der Waals surface area contributed by atoms with Gasteiger partial charge in [-0.25, -0.2) is 4.79 Å². The minimum absolute atomic E-state index is 0.165. The summed E-state index contributed by atoms with van der Waals surface area (Å²) in [5, 5.41) is 11.9. The third-order valence-corrected chi connectivity index (χ3v) is 4.89. The highest BCUT2D eigenvalue weighted by Gasteiger charge is 2.28. The number of carbonyl (C=O) groups excluding carboxylic acids is 1. The molecule has 5 nitrogen and oxygen atoms in total. The van der Waals surface area contributed by atoms with Crippen molar-refractivity contribution in [2.24, 2.45) is 0 Å². The number of aromatic carboxylic acids is 1. The number of piperidine rings is 1. The number of nitrogens with one attached hydrogen (secondary N) is 1. The minimum Gasteiger partial charge on any atom is -0.477 e.